The molecule has 6 heteroatoms. The fourth-order valence-corrected chi connectivity index (χ4v) is 4.58. The van der Waals surface area contributed by atoms with Crippen molar-refractivity contribution in [1.29, 1.82) is 0 Å². The number of aromatic nitrogens is 1. The summed E-state index contributed by atoms with van der Waals surface area (Å²) in [7, 11) is 0. The highest BCUT2D eigenvalue weighted by Crippen LogP contribution is 2.52. The molecule has 2 atom stereocenters. The number of nitrogens with zero attached hydrogens (tertiary/aromatic N) is 1. The van der Waals surface area contributed by atoms with Gasteiger partial charge >= 0.3 is 0 Å². The number of phenolic OH excluding ortho intramolecular Hbond substituents is 1. The van der Waals surface area contributed by atoms with Gasteiger partial charge in [-0.25, -0.2) is 4.98 Å². The molecule has 132 valence electrons. The van der Waals surface area contributed by atoms with Crippen LogP contribution in [-0.4, -0.2) is 16.0 Å². The molecule has 0 fully saturated rings. The normalized spacial score (nSPS) is 21.4. The Morgan fingerprint density at radius 1 is 1.31 bits per heavy atom. The highest BCUT2D eigenvalue weighted by atomic mass is 79.9. The van der Waals surface area contributed by atoms with Gasteiger partial charge in [0.15, 0.2) is 5.13 Å². The standard InChI is InChI=1S/C20H17BrN2O2S/c1-20(18(25)23-19-22-8-9-26-19)11-13-4-7-15(24)10-16(13)17(20)12-2-5-14(21)6-3-12/h2-10,17,24H,11H2,1H3,(H,22,23,25). The minimum Gasteiger partial charge on any atom is -0.508 e. The Hall–Kier alpha value is -2.18. The maximum Gasteiger partial charge on any atom is 0.233 e. The second kappa shape index (κ2) is 6.52. The van der Waals surface area contributed by atoms with Crippen molar-refractivity contribution in [2.45, 2.75) is 19.3 Å². The summed E-state index contributed by atoms with van der Waals surface area (Å²) in [4.78, 5) is 17.4. The molecule has 2 aromatic carbocycles. The van der Waals surface area contributed by atoms with Crippen LogP contribution in [0.15, 0.2) is 58.5 Å². The Kier molecular flexibility index (Phi) is 4.32. The summed E-state index contributed by atoms with van der Waals surface area (Å²) in [6, 6.07) is 13.4. The fraction of sp³-hybridized carbons (Fsp3) is 0.200. The number of amides is 1. The second-order valence-electron chi connectivity index (χ2n) is 6.75. The van der Waals surface area contributed by atoms with Gasteiger partial charge in [0.25, 0.3) is 0 Å². The zero-order valence-corrected chi connectivity index (χ0v) is 16.5. The van der Waals surface area contributed by atoms with Gasteiger partial charge in [0.05, 0.1) is 5.41 Å². The number of carbonyl (C=O) groups is 1. The number of anilines is 1. The van der Waals surface area contributed by atoms with Crippen molar-refractivity contribution in [2.75, 3.05) is 5.32 Å². The molecule has 1 amide bonds. The number of thiazole rings is 1. The first-order valence-electron chi connectivity index (χ1n) is 8.25. The van der Waals surface area contributed by atoms with Crippen molar-refractivity contribution in [3.63, 3.8) is 0 Å². The lowest BCUT2D eigenvalue weighted by Gasteiger charge is -2.31. The molecule has 0 spiro atoms. The number of fused-ring (bicyclic) bond motifs is 1. The molecule has 1 aliphatic rings. The largest absolute Gasteiger partial charge is 0.508 e. The van der Waals surface area contributed by atoms with E-state index in [0.29, 0.717) is 11.6 Å². The molecule has 4 nitrogen and oxygen atoms in total. The first-order chi connectivity index (χ1) is 12.5. The number of benzene rings is 2. The van der Waals surface area contributed by atoms with Crippen molar-refractivity contribution in [3.8, 4) is 5.75 Å². The number of phenols is 1. The van der Waals surface area contributed by atoms with E-state index in [2.05, 4.69) is 26.2 Å². The van der Waals surface area contributed by atoms with Crippen molar-refractivity contribution < 1.29 is 9.90 Å². The van der Waals surface area contributed by atoms with Crippen LogP contribution < -0.4 is 5.32 Å². The zero-order valence-electron chi connectivity index (χ0n) is 14.1. The van der Waals surface area contributed by atoms with Gasteiger partial charge in [-0.15, -0.1) is 11.3 Å². The Labute approximate surface area is 164 Å². The third-order valence-electron chi connectivity index (χ3n) is 5.01. The van der Waals surface area contributed by atoms with E-state index >= 15 is 0 Å². The van der Waals surface area contributed by atoms with Crippen LogP contribution >= 0.6 is 27.3 Å². The summed E-state index contributed by atoms with van der Waals surface area (Å²) in [5.74, 6) is 0.0177. The lowest BCUT2D eigenvalue weighted by Crippen LogP contribution is -2.37. The maximum atomic E-state index is 13.2. The van der Waals surface area contributed by atoms with Crippen LogP contribution in [0, 0.1) is 5.41 Å². The number of halogens is 1. The smallest absolute Gasteiger partial charge is 0.233 e. The average Bonchev–Trinajstić information content (AvgIpc) is 3.22. The van der Waals surface area contributed by atoms with E-state index in [9.17, 15) is 9.90 Å². The minimum absolute atomic E-state index is 0.0592. The van der Waals surface area contributed by atoms with Crippen LogP contribution in [0.2, 0.25) is 0 Å². The van der Waals surface area contributed by atoms with Gasteiger partial charge in [0.1, 0.15) is 5.75 Å². The van der Waals surface area contributed by atoms with Crippen molar-refractivity contribution in [3.05, 3.63) is 75.2 Å². The molecule has 0 radical (unpaired) electrons. The van der Waals surface area contributed by atoms with Gasteiger partial charge in [-0.1, -0.05) is 34.1 Å². The lowest BCUT2D eigenvalue weighted by molar-refractivity contribution is -0.125. The Bertz CT molecular complexity index is 956. The van der Waals surface area contributed by atoms with E-state index in [1.165, 1.54) is 11.3 Å². The summed E-state index contributed by atoms with van der Waals surface area (Å²) >= 11 is 4.87. The van der Waals surface area contributed by atoms with E-state index in [4.69, 9.17) is 0 Å². The number of hydrogen-bond acceptors (Lipinski definition) is 4. The quantitative estimate of drug-likeness (QED) is 0.620. The summed E-state index contributed by atoms with van der Waals surface area (Å²) in [6.07, 6.45) is 2.29. The Morgan fingerprint density at radius 3 is 2.77 bits per heavy atom. The van der Waals surface area contributed by atoms with E-state index < -0.39 is 5.41 Å². The van der Waals surface area contributed by atoms with Gasteiger partial charge in [-0.05, 0) is 54.3 Å². The number of carbonyl (C=O) groups excluding carboxylic acids is 1. The summed E-state index contributed by atoms with van der Waals surface area (Å²) in [6.45, 7) is 1.99. The maximum absolute atomic E-state index is 13.2. The van der Waals surface area contributed by atoms with Crippen LogP contribution in [0.25, 0.3) is 0 Å². The average molecular weight is 429 g/mol. The first-order valence-corrected chi connectivity index (χ1v) is 9.93. The molecule has 2 N–H and O–H groups in total. The van der Waals surface area contributed by atoms with E-state index in [-0.39, 0.29) is 17.6 Å². The summed E-state index contributed by atoms with van der Waals surface area (Å²) in [5, 5.41) is 15.4. The van der Waals surface area contributed by atoms with Crippen LogP contribution in [0.5, 0.6) is 5.75 Å². The summed E-state index contributed by atoms with van der Waals surface area (Å²) < 4.78 is 0.990. The molecular weight excluding hydrogens is 412 g/mol. The van der Waals surface area contributed by atoms with Crippen LogP contribution in [-0.2, 0) is 11.2 Å². The molecule has 0 bridgehead atoms. The first kappa shape index (κ1) is 17.2. The summed E-state index contributed by atoms with van der Waals surface area (Å²) in [5.41, 5.74) is 2.47. The monoisotopic (exact) mass is 428 g/mol. The highest BCUT2D eigenvalue weighted by molar-refractivity contribution is 9.10. The lowest BCUT2D eigenvalue weighted by atomic mass is 9.73. The van der Waals surface area contributed by atoms with Crippen LogP contribution in [0.3, 0.4) is 0 Å². The molecule has 1 aliphatic carbocycles. The highest BCUT2D eigenvalue weighted by Gasteiger charge is 2.49. The van der Waals surface area contributed by atoms with E-state index in [1.54, 1.807) is 18.3 Å². The fourth-order valence-electron chi connectivity index (χ4n) is 3.79. The van der Waals surface area contributed by atoms with E-state index in [0.717, 1.165) is 21.2 Å². The van der Waals surface area contributed by atoms with Gasteiger partial charge in [0.2, 0.25) is 5.91 Å². The minimum atomic E-state index is -0.671. The number of aromatic hydroxyl groups is 1. The number of rotatable bonds is 3. The predicted molar refractivity (Wildman–Crippen MR) is 107 cm³/mol. The molecule has 0 saturated heterocycles. The molecule has 26 heavy (non-hydrogen) atoms. The van der Waals surface area contributed by atoms with Gasteiger partial charge in [-0.2, -0.15) is 0 Å². The molecule has 1 aromatic heterocycles. The molecule has 1 heterocycles. The predicted octanol–water partition coefficient (Wildman–Crippen LogP) is 4.94. The molecule has 4 rings (SSSR count). The molecule has 2 unspecified atom stereocenters. The van der Waals surface area contributed by atoms with Crippen molar-refractivity contribution in [1.82, 2.24) is 4.98 Å². The third kappa shape index (κ3) is 2.93. The molecule has 3 aromatic rings. The topological polar surface area (TPSA) is 62.2 Å². The van der Waals surface area contributed by atoms with Crippen LogP contribution in [0.1, 0.15) is 29.5 Å². The Morgan fingerprint density at radius 2 is 2.08 bits per heavy atom. The van der Waals surface area contributed by atoms with Crippen molar-refractivity contribution in [2.24, 2.45) is 5.41 Å². The molecular formula is C20H17BrN2O2S. The number of hydrogen-bond donors (Lipinski definition) is 2. The van der Waals surface area contributed by atoms with Gasteiger partial charge in [0, 0.05) is 22.0 Å². The number of nitrogens with one attached hydrogen (secondary N) is 1. The SMILES string of the molecule is CC1(C(=O)Nc2nccs2)Cc2ccc(O)cc2C1c1ccc(Br)cc1. The van der Waals surface area contributed by atoms with Crippen LogP contribution in [0.4, 0.5) is 5.13 Å². The van der Waals surface area contributed by atoms with Gasteiger partial charge < -0.3 is 10.4 Å². The molecule has 0 saturated carbocycles. The van der Waals surface area contributed by atoms with Gasteiger partial charge in [-0.3, -0.25) is 4.79 Å². The third-order valence-corrected chi connectivity index (χ3v) is 6.23. The second-order valence-corrected chi connectivity index (χ2v) is 8.56. The zero-order chi connectivity index (χ0) is 18.3. The van der Waals surface area contributed by atoms with Crippen molar-refractivity contribution >= 4 is 38.3 Å². The Balaban J connectivity index is 1.79. The van der Waals surface area contributed by atoms with E-state index in [1.807, 2.05) is 42.6 Å². The molecule has 0 aliphatic heterocycles.